The lowest BCUT2D eigenvalue weighted by molar-refractivity contribution is 0.449. The van der Waals surface area contributed by atoms with Gasteiger partial charge in [-0.05, 0) is 32.2 Å². The molecule has 3 unspecified atom stereocenters. The third-order valence-electron chi connectivity index (χ3n) is 4.30. The van der Waals surface area contributed by atoms with E-state index in [1.54, 1.807) is 0 Å². The molecule has 1 saturated carbocycles. The van der Waals surface area contributed by atoms with Crippen LogP contribution >= 0.6 is 0 Å². The Morgan fingerprint density at radius 2 is 1.72 bits per heavy atom. The zero-order chi connectivity index (χ0) is 13.8. The van der Waals surface area contributed by atoms with Crippen LogP contribution in [-0.2, 0) is 9.84 Å². The highest BCUT2D eigenvalue weighted by Crippen LogP contribution is 2.28. The number of nitrogens with one attached hydrogen (secondary N) is 1. The van der Waals surface area contributed by atoms with Crippen molar-refractivity contribution in [2.45, 2.75) is 76.3 Å². The molecular weight excluding hydrogens is 246 g/mol. The van der Waals surface area contributed by atoms with E-state index in [1.165, 1.54) is 6.42 Å². The maximum absolute atomic E-state index is 12.7. The van der Waals surface area contributed by atoms with Crippen molar-refractivity contribution >= 4 is 9.84 Å². The minimum absolute atomic E-state index is 0.156. The Kier molecular flexibility index (Phi) is 6.12. The Balaban J connectivity index is 2.93. The molecule has 0 aromatic carbocycles. The van der Waals surface area contributed by atoms with Gasteiger partial charge in [-0.1, -0.05) is 40.0 Å². The lowest BCUT2D eigenvalue weighted by Crippen LogP contribution is -2.47. The van der Waals surface area contributed by atoms with Crippen LogP contribution in [0.25, 0.3) is 0 Å². The van der Waals surface area contributed by atoms with Crippen molar-refractivity contribution in [3.05, 3.63) is 0 Å². The molecule has 0 bridgehead atoms. The molecule has 3 nitrogen and oxygen atoms in total. The van der Waals surface area contributed by atoms with Gasteiger partial charge in [-0.25, -0.2) is 8.42 Å². The molecule has 1 aliphatic carbocycles. The highest BCUT2D eigenvalue weighted by Gasteiger charge is 2.38. The number of hydrogen-bond acceptors (Lipinski definition) is 3. The first-order chi connectivity index (χ1) is 8.41. The number of hydrogen-bond donors (Lipinski definition) is 1. The second kappa shape index (κ2) is 6.90. The van der Waals surface area contributed by atoms with Crippen LogP contribution in [0, 0.1) is 5.92 Å². The molecule has 1 N–H and O–H groups in total. The predicted octanol–water partition coefficient (Wildman–Crippen LogP) is 2.76. The number of rotatable bonds is 5. The summed E-state index contributed by atoms with van der Waals surface area (Å²) in [5.41, 5.74) is 0. The fraction of sp³-hybridized carbons (Fsp3) is 1.00. The molecule has 18 heavy (non-hydrogen) atoms. The van der Waals surface area contributed by atoms with Crippen molar-refractivity contribution in [3.8, 4) is 0 Å². The third kappa shape index (κ3) is 3.70. The van der Waals surface area contributed by atoms with Gasteiger partial charge in [0.25, 0.3) is 0 Å². The van der Waals surface area contributed by atoms with E-state index >= 15 is 0 Å². The van der Waals surface area contributed by atoms with Crippen molar-refractivity contribution in [3.63, 3.8) is 0 Å². The van der Waals surface area contributed by atoms with Crippen molar-refractivity contribution in [1.82, 2.24) is 5.32 Å². The first-order valence-electron chi connectivity index (χ1n) is 7.37. The van der Waals surface area contributed by atoms with Crippen LogP contribution in [-0.4, -0.2) is 31.5 Å². The number of sulfone groups is 1. The lowest BCUT2D eigenvalue weighted by Gasteiger charge is -2.29. The minimum atomic E-state index is -3.02. The van der Waals surface area contributed by atoms with Gasteiger partial charge in [-0.15, -0.1) is 0 Å². The summed E-state index contributed by atoms with van der Waals surface area (Å²) in [6.07, 6.45) is 5.21. The van der Waals surface area contributed by atoms with E-state index in [0.717, 1.165) is 32.2 Å². The molecule has 0 radical (unpaired) electrons. The van der Waals surface area contributed by atoms with Crippen LogP contribution in [0.4, 0.5) is 0 Å². The summed E-state index contributed by atoms with van der Waals surface area (Å²) in [5.74, 6) is 0.195. The van der Waals surface area contributed by atoms with Gasteiger partial charge >= 0.3 is 0 Å². The second-order valence-electron chi connectivity index (χ2n) is 5.88. The van der Waals surface area contributed by atoms with Crippen LogP contribution in [0.15, 0.2) is 0 Å². The molecule has 0 amide bonds. The molecule has 1 aliphatic rings. The summed E-state index contributed by atoms with van der Waals surface area (Å²) >= 11 is 0. The molecule has 0 saturated heterocycles. The van der Waals surface area contributed by atoms with Gasteiger partial charge in [0.2, 0.25) is 0 Å². The van der Waals surface area contributed by atoms with Crippen LogP contribution < -0.4 is 5.32 Å². The third-order valence-corrected chi connectivity index (χ3v) is 7.29. The SMILES string of the molecule is CCNC1CCCCCC1S(=O)(=O)C(C)C(C)C. The molecule has 0 heterocycles. The van der Waals surface area contributed by atoms with Gasteiger partial charge in [0, 0.05) is 6.04 Å². The molecule has 0 spiro atoms. The minimum Gasteiger partial charge on any atom is -0.313 e. The molecular formula is C14H29NO2S. The van der Waals surface area contributed by atoms with Gasteiger partial charge in [-0.3, -0.25) is 0 Å². The highest BCUT2D eigenvalue weighted by molar-refractivity contribution is 7.92. The van der Waals surface area contributed by atoms with E-state index < -0.39 is 9.84 Å². The molecule has 1 rings (SSSR count). The largest absolute Gasteiger partial charge is 0.313 e. The van der Waals surface area contributed by atoms with Crippen molar-refractivity contribution in [2.75, 3.05) is 6.54 Å². The van der Waals surface area contributed by atoms with Crippen LogP contribution in [0.3, 0.4) is 0 Å². The fourth-order valence-corrected chi connectivity index (χ4v) is 5.31. The Bertz CT molecular complexity index is 338. The van der Waals surface area contributed by atoms with Gasteiger partial charge in [0.05, 0.1) is 10.5 Å². The van der Waals surface area contributed by atoms with Gasteiger partial charge in [-0.2, -0.15) is 0 Å². The monoisotopic (exact) mass is 275 g/mol. The Labute approximate surface area is 113 Å². The maximum atomic E-state index is 12.7. The van der Waals surface area contributed by atoms with Gasteiger partial charge < -0.3 is 5.32 Å². The molecule has 3 atom stereocenters. The first-order valence-corrected chi connectivity index (χ1v) is 8.98. The van der Waals surface area contributed by atoms with E-state index in [4.69, 9.17) is 0 Å². The molecule has 0 aromatic rings. The van der Waals surface area contributed by atoms with Gasteiger partial charge in [0.15, 0.2) is 9.84 Å². The molecule has 108 valence electrons. The van der Waals surface area contributed by atoms with Crippen molar-refractivity contribution < 1.29 is 8.42 Å². The Hall–Kier alpha value is -0.0900. The lowest BCUT2D eigenvalue weighted by atomic mass is 10.1. The maximum Gasteiger partial charge on any atom is 0.157 e. The highest BCUT2D eigenvalue weighted by atomic mass is 32.2. The standard InChI is InChI=1S/C14H29NO2S/c1-5-15-13-9-7-6-8-10-14(13)18(16,17)12(4)11(2)3/h11-15H,5-10H2,1-4H3. The summed E-state index contributed by atoms with van der Waals surface area (Å²) in [7, 11) is -3.02. The first kappa shape index (κ1) is 16.0. The fourth-order valence-electron chi connectivity index (χ4n) is 2.82. The van der Waals surface area contributed by atoms with Crippen LogP contribution in [0.1, 0.15) is 59.8 Å². The summed E-state index contributed by atoms with van der Waals surface area (Å²) < 4.78 is 25.5. The summed E-state index contributed by atoms with van der Waals surface area (Å²) in [5, 5.41) is 2.98. The second-order valence-corrected chi connectivity index (χ2v) is 8.41. The molecule has 1 fully saturated rings. The van der Waals surface area contributed by atoms with Crippen molar-refractivity contribution in [1.29, 1.82) is 0 Å². The quantitative estimate of drug-likeness (QED) is 0.785. The topological polar surface area (TPSA) is 46.2 Å². The molecule has 0 aliphatic heterocycles. The van der Waals surface area contributed by atoms with E-state index in [1.807, 2.05) is 20.8 Å². The summed E-state index contributed by atoms with van der Waals surface area (Å²) in [4.78, 5) is 0. The molecule has 4 heteroatoms. The van der Waals surface area contributed by atoms with E-state index in [9.17, 15) is 8.42 Å². The summed E-state index contributed by atoms with van der Waals surface area (Å²) in [6, 6.07) is 0.156. The van der Waals surface area contributed by atoms with Crippen LogP contribution in [0.5, 0.6) is 0 Å². The van der Waals surface area contributed by atoms with Crippen molar-refractivity contribution in [2.24, 2.45) is 5.92 Å². The smallest absolute Gasteiger partial charge is 0.157 e. The Morgan fingerprint density at radius 3 is 2.28 bits per heavy atom. The summed E-state index contributed by atoms with van der Waals surface area (Å²) in [6.45, 7) is 8.78. The Morgan fingerprint density at radius 1 is 1.11 bits per heavy atom. The average molecular weight is 275 g/mol. The zero-order valence-corrected chi connectivity index (χ0v) is 13.1. The molecule has 0 aromatic heterocycles. The van der Waals surface area contributed by atoms with Crippen LogP contribution in [0.2, 0.25) is 0 Å². The van der Waals surface area contributed by atoms with E-state index in [2.05, 4.69) is 12.2 Å². The van der Waals surface area contributed by atoms with E-state index in [-0.39, 0.29) is 22.5 Å². The predicted molar refractivity (Wildman–Crippen MR) is 77.6 cm³/mol. The van der Waals surface area contributed by atoms with Gasteiger partial charge in [0.1, 0.15) is 0 Å². The average Bonchev–Trinajstić information content (AvgIpc) is 2.54. The normalized spacial score (nSPS) is 28.1. The van der Waals surface area contributed by atoms with E-state index in [0.29, 0.717) is 0 Å². The zero-order valence-electron chi connectivity index (χ0n) is 12.3.